The summed E-state index contributed by atoms with van der Waals surface area (Å²) in [6.07, 6.45) is 6.16. The van der Waals surface area contributed by atoms with Crippen LogP contribution in [0.15, 0.2) is 36.5 Å². The first-order chi connectivity index (χ1) is 14.8. The van der Waals surface area contributed by atoms with Crippen molar-refractivity contribution in [1.82, 2.24) is 9.61 Å². The highest BCUT2D eigenvalue weighted by atomic mass is 32.2. The number of anilines is 1. The molecule has 0 fully saturated rings. The number of ether oxygens (including phenoxy) is 1. The number of carbonyl (C=O) groups is 1. The minimum atomic E-state index is -3.47. The number of hydrogen-bond donors (Lipinski definition) is 0. The van der Waals surface area contributed by atoms with Crippen molar-refractivity contribution in [3.63, 3.8) is 0 Å². The average Bonchev–Trinajstić information content (AvgIpc) is 3.06. The standard InChI is InChI=1S/C22H24FN3O4S/c1-3-30-22(27)20-18-13-16-7-5-4-6-12-26(31(2,28)29)19(16)14-25(18)24-21(20)15-8-10-17(23)11-9-15/h8-11,13-14H,3-7,12H2,1-2H3. The van der Waals surface area contributed by atoms with Crippen LogP contribution >= 0.6 is 0 Å². The van der Waals surface area contributed by atoms with E-state index in [1.54, 1.807) is 25.3 Å². The van der Waals surface area contributed by atoms with E-state index >= 15 is 0 Å². The summed E-state index contributed by atoms with van der Waals surface area (Å²) >= 11 is 0. The summed E-state index contributed by atoms with van der Waals surface area (Å²) in [6, 6.07) is 7.54. The number of nitrogens with zero attached hydrogens (tertiary/aromatic N) is 3. The number of aryl methyl sites for hydroxylation is 1. The van der Waals surface area contributed by atoms with Crippen molar-refractivity contribution in [2.24, 2.45) is 0 Å². The molecular formula is C22H24FN3O4S. The number of hydrogen-bond acceptors (Lipinski definition) is 5. The largest absolute Gasteiger partial charge is 0.462 e. The van der Waals surface area contributed by atoms with Crippen LogP contribution < -0.4 is 4.31 Å². The molecule has 1 aliphatic heterocycles. The van der Waals surface area contributed by atoms with Crippen molar-refractivity contribution in [3.8, 4) is 11.3 Å². The third kappa shape index (κ3) is 4.14. The summed E-state index contributed by atoms with van der Waals surface area (Å²) in [5, 5.41) is 4.57. The molecule has 3 aromatic rings. The third-order valence-electron chi connectivity index (χ3n) is 5.41. The summed E-state index contributed by atoms with van der Waals surface area (Å²) in [7, 11) is -3.47. The normalized spacial score (nSPS) is 14.7. The Kier molecular flexibility index (Phi) is 5.70. The maximum atomic E-state index is 13.4. The molecule has 0 bridgehead atoms. The highest BCUT2D eigenvalue weighted by Gasteiger charge is 2.27. The molecule has 0 amide bonds. The Bertz CT molecular complexity index is 1240. The smallest absolute Gasteiger partial charge is 0.342 e. The predicted molar refractivity (Wildman–Crippen MR) is 116 cm³/mol. The monoisotopic (exact) mass is 445 g/mol. The zero-order chi connectivity index (χ0) is 22.2. The Hall–Kier alpha value is -2.94. The summed E-state index contributed by atoms with van der Waals surface area (Å²) < 4.78 is 46.6. The number of pyridine rings is 1. The number of halogens is 1. The number of esters is 1. The lowest BCUT2D eigenvalue weighted by Crippen LogP contribution is -2.32. The van der Waals surface area contributed by atoms with Gasteiger partial charge >= 0.3 is 5.97 Å². The summed E-state index contributed by atoms with van der Waals surface area (Å²) in [5.41, 5.74) is 3.16. The maximum Gasteiger partial charge on any atom is 0.342 e. The molecule has 9 heteroatoms. The average molecular weight is 446 g/mol. The molecule has 3 heterocycles. The van der Waals surface area contributed by atoms with Gasteiger partial charge in [0.05, 0.1) is 30.3 Å². The van der Waals surface area contributed by atoms with Crippen LogP contribution in [0.25, 0.3) is 16.8 Å². The van der Waals surface area contributed by atoms with Gasteiger partial charge in [0, 0.05) is 12.1 Å². The zero-order valence-corrected chi connectivity index (χ0v) is 18.3. The minimum absolute atomic E-state index is 0.200. The van der Waals surface area contributed by atoms with Crippen molar-refractivity contribution in [2.45, 2.75) is 32.6 Å². The second-order valence-corrected chi connectivity index (χ2v) is 9.52. The molecule has 0 atom stereocenters. The molecule has 4 rings (SSSR count). The Morgan fingerprint density at radius 2 is 1.94 bits per heavy atom. The molecule has 0 spiro atoms. The molecule has 31 heavy (non-hydrogen) atoms. The second kappa shape index (κ2) is 8.30. The van der Waals surface area contributed by atoms with E-state index in [-0.39, 0.29) is 12.2 Å². The lowest BCUT2D eigenvalue weighted by molar-refractivity contribution is 0.0529. The lowest BCUT2D eigenvalue weighted by Gasteiger charge is -2.27. The fraction of sp³-hybridized carbons (Fsp3) is 0.364. The first-order valence-corrected chi connectivity index (χ1v) is 12.1. The van der Waals surface area contributed by atoms with Crippen LogP contribution in [0.1, 0.15) is 42.1 Å². The second-order valence-electron chi connectivity index (χ2n) is 7.61. The number of fused-ring (bicyclic) bond motifs is 2. The van der Waals surface area contributed by atoms with Crippen molar-refractivity contribution in [2.75, 3.05) is 23.7 Å². The molecule has 0 saturated carbocycles. The Morgan fingerprint density at radius 3 is 2.61 bits per heavy atom. The highest BCUT2D eigenvalue weighted by Crippen LogP contribution is 2.33. The first kappa shape index (κ1) is 21.3. The van der Waals surface area contributed by atoms with Crippen molar-refractivity contribution in [1.29, 1.82) is 0 Å². The molecule has 0 saturated heterocycles. The van der Waals surface area contributed by atoms with E-state index in [0.29, 0.717) is 35.4 Å². The minimum Gasteiger partial charge on any atom is -0.462 e. The van der Waals surface area contributed by atoms with Crippen LogP contribution in [0.5, 0.6) is 0 Å². The van der Waals surface area contributed by atoms with Gasteiger partial charge in [0.2, 0.25) is 10.0 Å². The van der Waals surface area contributed by atoms with E-state index in [1.807, 2.05) is 6.07 Å². The van der Waals surface area contributed by atoms with E-state index in [0.717, 1.165) is 24.8 Å². The molecular weight excluding hydrogens is 421 g/mol. The molecule has 7 nitrogen and oxygen atoms in total. The molecule has 164 valence electrons. The number of benzene rings is 1. The molecule has 0 radical (unpaired) electrons. The lowest BCUT2D eigenvalue weighted by atomic mass is 10.0. The highest BCUT2D eigenvalue weighted by molar-refractivity contribution is 7.92. The van der Waals surface area contributed by atoms with E-state index < -0.39 is 21.8 Å². The molecule has 2 aromatic heterocycles. The van der Waals surface area contributed by atoms with E-state index in [4.69, 9.17) is 4.74 Å². The number of carbonyl (C=O) groups excluding carboxylic acids is 1. The molecule has 0 unspecified atom stereocenters. The summed E-state index contributed by atoms with van der Waals surface area (Å²) in [5.74, 6) is -0.917. The van der Waals surface area contributed by atoms with Gasteiger partial charge in [0.25, 0.3) is 0 Å². The molecule has 0 aliphatic carbocycles. The fourth-order valence-corrected chi connectivity index (χ4v) is 4.96. The Balaban J connectivity index is 1.98. The molecule has 1 aliphatic rings. The van der Waals surface area contributed by atoms with Crippen molar-refractivity contribution in [3.05, 3.63) is 53.5 Å². The van der Waals surface area contributed by atoms with Crippen LogP contribution in [0.2, 0.25) is 0 Å². The van der Waals surface area contributed by atoms with E-state index in [1.165, 1.54) is 27.2 Å². The van der Waals surface area contributed by atoms with Crippen molar-refractivity contribution < 1.29 is 22.3 Å². The van der Waals surface area contributed by atoms with Crippen molar-refractivity contribution >= 4 is 27.2 Å². The zero-order valence-electron chi connectivity index (χ0n) is 17.5. The maximum absolute atomic E-state index is 13.4. The van der Waals surface area contributed by atoms with Gasteiger partial charge in [0.1, 0.15) is 17.1 Å². The van der Waals surface area contributed by atoms with Gasteiger partial charge in [-0.2, -0.15) is 5.10 Å². The van der Waals surface area contributed by atoms with Gasteiger partial charge in [-0.1, -0.05) is 6.42 Å². The Morgan fingerprint density at radius 1 is 1.19 bits per heavy atom. The van der Waals surface area contributed by atoms with E-state index in [9.17, 15) is 17.6 Å². The van der Waals surface area contributed by atoms with Gasteiger partial charge in [0.15, 0.2) is 0 Å². The molecule has 1 aromatic carbocycles. The Labute approximate surface area is 180 Å². The van der Waals surface area contributed by atoms with Gasteiger partial charge in [-0.25, -0.2) is 22.1 Å². The van der Waals surface area contributed by atoms with Crippen LogP contribution in [0.4, 0.5) is 10.1 Å². The third-order valence-corrected chi connectivity index (χ3v) is 6.59. The number of aromatic nitrogens is 2. The molecule has 0 N–H and O–H groups in total. The number of rotatable bonds is 4. The SMILES string of the molecule is CCOC(=O)c1c(-c2ccc(F)cc2)nn2cc3c(cc12)CCCCCN3S(C)(=O)=O. The summed E-state index contributed by atoms with van der Waals surface area (Å²) in [6.45, 7) is 2.32. The van der Waals surface area contributed by atoms with E-state index in [2.05, 4.69) is 5.10 Å². The van der Waals surface area contributed by atoms with Gasteiger partial charge < -0.3 is 4.74 Å². The van der Waals surface area contributed by atoms with Gasteiger partial charge in [-0.15, -0.1) is 0 Å². The van der Waals surface area contributed by atoms with Gasteiger partial charge in [-0.05, 0) is 62.1 Å². The van der Waals surface area contributed by atoms with Gasteiger partial charge in [-0.3, -0.25) is 4.31 Å². The number of sulfonamides is 1. The van der Waals surface area contributed by atoms with Crippen LogP contribution in [-0.2, 0) is 21.2 Å². The van der Waals surface area contributed by atoms with Crippen LogP contribution in [0.3, 0.4) is 0 Å². The quantitative estimate of drug-likeness (QED) is 0.571. The van der Waals surface area contributed by atoms with Crippen LogP contribution in [0, 0.1) is 5.82 Å². The predicted octanol–water partition coefficient (Wildman–Crippen LogP) is 3.81. The summed E-state index contributed by atoms with van der Waals surface area (Å²) in [4.78, 5) is 12.8. The van der Waals surface area contributed by atoms with Crippen LogP contribution in [-0.4, -0.2) is 43.4 Å². The topological polar surface area (TPSA) is 81.0 Å². The first-order valence-electron chi connectivity index (χ1n) is 10.3. The fourth-order valence-electron chi connectivity index (χ4n) is 3.97.